The molecule has 0 unspecified atom stereocenters. The van der Waals surface area contributed by atoms with Gasteiger partial charge in [-0.15, -0.1) is 0 Å². The van der Waals surface area contributed by atoms with Crippen LogP contribution in [0, 0.1) is 0 Å². The van der Waals surface area contributed by atoms with Crippen LogP contribution in [0.3, 0.4) is 0 Å². The highest BCUT2D eigenvalue weighted by Crippen LogP contribution is 1.84. The first kappa shape index (κ1) is 7.82. The number of hydrogen-bond donors (Lipinski definition) is 0. The van der Waals surface area contributed by atoms with Crippen molar-refractivity contribution in [3.63, 3.8) is 0 Å². The summed E-state index contributed by atoms with van der Waals surface area (Å²) in [5.74, 6) is 0.229. The van der Waals surface area contributed by atoms with Crippen molar-refractivity contribution in [3.05, 3.63) is 0 Å². The number of rotatable bonds is 2. The smallest absolute Gasteiger partial charge is 0.233 e. The van der Waals surface area contributed by atoms with Crippen LogP contribution < -0.4 is 0 Å². The minimum atomic E-state index is 0.0301. The van der Waals surface area contributed by atoms with Gasteiger partial charge in [0.25, 0.3) is 0 Å². The Morgan fingerprint density at radius 1 is 1.75 bits per heavy atom. The molecule has 0 aromatic rings. The second-order valence-electron chi connectivity index (χ2n) is 1.55. The lowest BCUT2D eigenvalue weighted by atomic mass is 10.5. The summed E-state index contributed by atoms with van der Waals surface area (Å²) < 4.78 is 0. The predicted molar refractivity (Wildman–Crippen MR) is 35.8 cm³/mol. The van der Waals surface area contributed by atoms with E-state index in [1.807, 2.05) is 6.92 Å². The van der Waals surface area contributed by atoms with E-state index in [0.717, 1.165) is 6.54 Å². The standard InChI is InChI=1S/C5H10NOS/c1-3-6(2)5(7)4-8/h3-4H2,1-2H3. The van der Waals surface area contributed by atoms with E-state index in [4.69, 9.17) is 0 Å². The monoisotopic (exact) mass is 132 g/mol. The van der Waals surface area contributed by atoms with Gasteiger partial charge in [-0.25, -0.2) is 0 Å². The molecule has 0 spiro atoms. The van der Waals surface area contributed by atoms with Gasteiger partial charge in [-0.3, -0.25) is 4.79 Å². The molecule has 1 amide bonds. The van der Waals surface area contributed by atoms with E-state index < -0.39 is 0 Å². The Morgan fingerprint density at radius 3 is 2.38 bits per heavy atom. The molecule has 0 aromatic carbocycles. The molecule has 47 valence electrons. The van der Waals surface area contributed by atoms with Gasteiger partial charge in [0.05, 0.1) is 5.75 Å². The SMILES string of the molecule is CCN(C)C(=O)C[S]. The number of amides is 1. The third-order valence-electron chi connectivity index (χ3n) is 1.02. The summed E-state index contributed by atoms with van der Waals surface area (Å²) in [6, 6.07) is 0. The summed E-state index contributed by atoms with van der Waals surface area (Å²) in [5, 5.41) is 0. The summed E-state index contributed by atoms with van der Waals surface area (Å²) >= 11 is 4.53. The van der Waals surface area contributed by atoms with Crippen LogP contribution in [-0.2, 0) is 4.79 Å². The topological polar surface area (TPSA) is 20.3 Å². The van der Waals surface area contributed by atoms with Gasteiger partial charge in [0, 0.05) is 13.6 Å². The van der Waals surface area contributed by atoms with Gasteiger partial charge >= 0.3 is 0 Å². The van der Waals surface area contributed by atoms with Crippen molar-refractivity contribution in [2.24, 2.45) is 0 Å². The van der Waals surface area contributed by atoms with Crippen molar-refractivity contribution in [1.29, 1.82) is 0 Å². The quantitative estimate of drug-likeness (QED) is 0.540. The van der Waals surface area contributed by atoms with Gasteiger partial charge in [0.2, 0.25) is 5.91 Å². The molecule has 0 atom stereocenters. The third-order valence-corrected chi connectivity index (χ3v) is 1.27. The predicted octanol–water partition coefficient (Wildman–Crippen LogP) is 0.662. The highest BCUT2D eigenvalue weighted by Gasteiger charge is 2.00. The van der Waals surface area contributed by atoms with E-state index in [9.17, 15) is 4.79 Å². The molecule has 8 heavy (non-hydrogen) atoms. The summed E-state index contributed by atoms with van der Waals surface area (Å²) in [4.78, 5) is 12.2. The first-order valence-corrected chi connectivity index (χ1v) is 3.12. The van der Waals surface area contributed by atoms with E-state index in [1.165, 1.54) is 0 Å². The lowest BCUT2D eigenvalue weighted by Gasteiger charge is -2.11. The van der Waals surface area contributed by atoms with Crippen LogP contribution in [0.2, 0.25) is 0 Å². The van der Waals surface area contributed by atoms with E-state index in [2.05, 4.69) is 12.6 Å². The fourth-order valence-electron chi connectivity index (χ4n) is 0.287. The van der Waals surface area contributed by atoms with Crippen LogP contribution in [0.5, 0.6) is 0 Å². The highest BCUT2D eigenvalue weighted by molar-refractivity contribution is 7.81. The Balaban J connectivity index is 3.46. The molecule has 0 saturated carbocycles. The average Bonchev–Trinajstić information content (AvgIpc) is 1.84. The maximum atomic E-state index is 10.6. The van der Waals surface area contributed by atoms with Gasteiger partial charge in [0.1, 0.15) is 0 Å². The summed E-state index contributed by atoms with van der Waals surface area (Å²) in [6.45, 7) is 2.67. The van der Waals surface area contributed by atoms with Gasteiger partial charge in [-0.05, 0) is 6.92 Å². The lowest BCUT2D eigenvalue weighted by Crippen LogP contribution is -2.26. The first-order valence-electron chi connectivity index (χ1n) is 2.54. The largest absolute Gasteiger partial charge is 0.345 e. The minimum Gasteiger partial charge on any atom is -0.345 e. The zero-order chi connectivity index (χ0) is 6.57. The van der Waals surface area contributed by atoms with Crippen molar-refractivity contribution >= 4 is 18.5 Å². The Labute approximate surface area is 55.3 Å². The van der Waals surface area contributed by atoms with Gasteiger partial charge in [-0.2, -0.15) is 0 Å². The molecule has 1 radical (unpaired) electrons. The van der Waals surface area contributed by atoms with E-state index in [0.29, 0.717) is 0 Å². The molecule has 0 N–H and O–H groups in total. The van der Waals surface area contributed by atoms with Crippen LogP contribution in [-0.4, -0.2) is 30.2 Å². The Kier molecular flexibility index (Phi) is 3.69. The molecule has 0 saturated heterocycles. The van der Waals surface area contributed by atoms with Gasteiger partial charge in [0.15, 0.2) is 0 Å². The van der Waals surface area contributed by atoms with Gasteiger partial charge < -0.3 is 4.90 Å². The van der Waals surface area contributed by atoms with Crippen LogP contribution in [0.4, 0.5) is 0 Å². The van der Waals surface area contributed by atoms with Crippen LogP contribution in [0.1, 0.15) is 6.92 Å². The molecule has 2 nitrogen and oxygen atoms in total. The number of carbonyl (C=O) groups excluding carboxylic acids is 1. The normalized spacial score (nSPS) is 8.88. The molecule has 0 aliphatic heterocycles. The van der Waals surface area contributed by atoms with Crippen molar-refractivity contribution < 1.29 is 4.79 Å². The number of nitrogens with zero attached hydrogens (tertiary/aromatic N) is 1. The van der Waals surface area contributed by atoms with E-state index >= 15 is 0 Å². The lowest BCUT2D eigenvalue weighted by molar-refractivity contribution is -0.126. The van der Waals surface area contributed by atoms with Crippen LogP contribution in [0.15, 0.2) is 0 Å². The molecule has 3 heteroatoms. The van der Waals surface area contributed by atoms with E-state index in [-0.39, 0.29) is 11.7 Å². The van der Waals surface area contributed by atoms with Crippen LogP contribution >= 0.6 is 12.6 Å². The Bertz CT molecular complexity index is 84.5. The zero-order valence-corrected chi connectivity index (χ0v) is 5.99. The molecule has 0 aliphatic carbocycles. The summed E-state index contributed by atoms with van der Waals surface area (Å²) in [5.41, 5.74) is 0. The number of carbonyl (C=O) groups is 1. The average molecular weight is 132 g/mol. The van der Waals surface area contributed by atoms with Crippen molar-refractivity contribution in [3.8, 4) is 0 Å². The van der Waals surface area contributed by atoms with E-state index in [1.54, 1.807) is 11.9 Å². The molecule has 0 heterocycles. The fraction of sp³-hybridized carbons (Fsp3) is 0.800. The second-order valence-corrected chi connectivity index (χ2v) is 1.84. The Hall–Kier alpha value is -0.180. The highest BCUT2D eigenvalue weighted by atomic mass is 32.1. The molecular formula is C5H10NOS. The Morgan fingerprint density at radius 2 is 2.25 bits per heavy atom. The van der Waals surface area contributed by atoms with Crippen LogP contribution in [0.25, 0.3) is 0 Å². The molecule has 0 bridgehead atoms. The fourth-order valence-corrected chi connectivity index (χ4v) is 0.507. The van der Waals surface area contributed by atoms with Crippen molar-refractivity contribution in [2.45, 2.75) is 6.92 Å². The van der Waals surface area contributed by atoms with Crippen molar-refractivity contribution in [2.75, 3.05) is 19.3 Å². The van der Waals surface area contributed by atoms with Crippen molar-refractivity contribution in [1.82, 2.24) is 4.90 Å². The second kappa shape index (κ2) is 3.78. The summed E-state index contributed by atoms with van der Waals surface area (Å²) in [6.07, 6.45) is 0. The minimum absolute atomic E-state index is 0.0301. The number of hydrogen-bond acceptors (Lipinski definition) is 1. The molecule has 0 fully saturated rings. The molecular weight excluding hydrogens is 122 g/mol. The molecule has 0 aromatic heterocycles. The summed E-state index contributed by atoms with van der Waals surface area (Å²) in [7, 11) is 1.74. The third kappa shape index (κ3) is 2.21. The maximum absolute atomic E-state index is 10.6. The first-order chi connectivity index (χ1) is 3.72. The molecule has 0 aliphatic rings. The van der Waals surface area contributed by atoms with Gasteiger partial charge in [-0.1, -0.05) is 12.6 Å². The zero-order valence-electron chi connectivity index (χ0n) is 5.18. The maximum Gasteiger partial charge on any atom is 0.233 e. The molecule has 0 rings (SSSR count).